The Bertz CT molecular complexity index is 1250. The summed E-state index contributed by atoms with van der Waals surface area (Å²) in [5, 5.41) is 16.7. The molecule has 3 rings (SSSR count). The summed E-state index contributed by atoms with van der Waals surface area (Å²) in [6.45, 7) is 5.26. The predicted molar refractivity (Wildman–Crippen MR) is 120 cm³/mol. The maximum atomic E-state index is 15.1. The predicted octanol–water partition coefficient (Wildman–Crippen LogP) is 4.79. The summed E-state index contributed by atoms with van der Waals surface area (Å²) in [5.41, 5.74) is -1.63. The number of halogens is 5. The lowest BCUT2D eigenvalue weighted by atomic mass is 10.1. The van der Waals surface area contributed by atoms with E-state index in [2.05, 4.69) is 20.4 Å². The molecule has 2 N–H and O–H groups in total. The molecule has 0 unspecified atom stereocenters. The number of aromatic nitrogens is 4. The first-order chi connectivity index (χ1) is 16.1. The van der Waals surface area contributed by atoms with Crippen LogP contribution in [0, 0.1) is 12.7 Å². The van der Waals surface area contributed by atoms with Crippen molar-refractivity contribution in [1.29, 1.82) is 0 Å². The Morgan fingerprint density at radius 2 is 1.94 bits per heavy atom. The maximum absolute atomic E-state index is 15.1. The number of ether oxygens (including phenoxy) is 1. The number of carbonyl (C=O) groups is 1. The zero-order chi connectivity index (χ0) is 26.3. The quantitative estimate of drug-likeness (QED) is 0.361. The summed E-state index contributed by atoms with van der Waals surface area (Å²) in [5.74, 6) is -2.65. The number of rotatable bonds is 6. The molecule has 35 heavy (non-hydrogen) atoms. The molecule has 0 bridgehead atoms. The van der Waals surface area contributed by atoms with Gasteiger partial charge in [0.15, 0.2) is 22.9 Å². The van der Waals surface area contributed by atoms with Gasteiger partial charge in [0.25, 0.3) is 5.91 Å². The molecule has 0 aliphatic rings. The molecular formula is C22H22ClF4N5O3. The van der Waals surface area contributed by atoms with E-state index in [4.69, 9.17) is 16.3 Å². The number of alkyl halides is 3. The molecule has 2 aromatic heterocycles. The SMILES string of the molecule is Cc1ccnc(Cl)c1NC(=O)c1cc(F)c(-c2nc(C(C)(C)O)n(C)n2)cc1O[C@@H](C)C(F)(F)F. The number of aliphatic hydroxyl groups is 1. The third-order valence-electron chi connectivity index (χ3n) is 4.98. The van der Waals surface area contributed by atoms with Gasteiger partial charge in [0, 0.05) is 13.2 Å². The molecule has 2 heterocycles. The number of nitrogens with one attached hydrogen (secondary N) is 1. The molecule has 13 heteroatoms. The summed E-state index contributed by atoms with van der Waals surface area (Å²) in [6.07, 6.45) is -5.67. The van der Waals surface area contributed by atoms with E-state index in [9.17, 15) is 23.1 Å². The van der Waals surface area contributed by atoms with Crippen molar-refractivity contribution in [3.8, 4) is 17.1 Å². The summed E-state index contributed by atoms with van der Waals surface area (Å²) < 4.78 is 61.1. The standard InChI is InChI=1S/C22H22ClF4N5O3/c1-10-6-7-28-17(23)16(10)29-19(33)13-8-14(24)12(9-15(13)35-11(2)22(25,26)27)18-30-20(21(3,4)34)32(5)31-18/h6-9,11,34H,1-5H3,(H,29,33)/t11-/m0/s1. The van der Waals surface area contributed by atoms with Crippen LogP contribution in [-0.4, -0.2) is 43.0 Å². The molecule has 8 nitrogen and oxygen atoms in total. The van der Waals surface area contributed by atoms with E-state index < -0.39 is 40.9 Å². The molecule has 3 aromatic rings. The van der Waals surface area contributed by atoms with Gasteiger partial charge < -0.3 is 15.2 Å². The van der Waals surface area contributed by atoms with Crippen molar-refractivity contribution in [1.82, 2.24) is 19.7 Å². The van der Waals surface area contributed by atoms with Crippen LogP contribution in [0.3, 0.4) is 0 Å². The van der Waals surface area contributed by atoms with Gasteiger partial charge >= 0.3 is 6.18 Å². The van der Waals surface area contributed by atoms with E-state index in [0.29, 0.717) is 5.56 Å². The van der Waals surface area contributed by atoms with Gasteiger partial charge in [0.05, 0.1) is 16.8 Å². The minimum atomic E-state index is -4.76. The van der Waals surface area contributed by atoms with E-state index in [1.807, 2.05) is 0 Å². The van der Waals surface area contributed by atoms with Crippen LogP contribution in [0.5, 0.6) is 5.75 Å². The second kappa shape index (κ2) is 9.42. The Balaban J connectivity index is 2.12. The van der Waals surface area contributed by atoms with Crippen molar-refractivity contribution in [2.75, 3.05) is 5.32 Å². The van der Waals surface area contributed by atoms with Gasteiger partial charge in [-0.05, 0) is 51.5 Å². The van der Waals surface area contributed by atoms with Crippen molar-refractivity contribution in [2.24, 2.45) is 7.05 Å². The van der Waals surface area contributed by atoms with Crippen molar-refractivity contribution in [2.45, 2.75) is 45.6 Å². The average molecular weight is 516 g/mol. The summed E-state index contributed by atoms with van der Waals surface area (Å²) in [4.78, 5) is 20.9. The van der Waals surface area contributed by atoms with Crippen molar-refractivity contribution < 1.29 is 32.2 Å². The molecule has 0 spiro atoms. The molecule has 0 aliphatic carbocycles. The summed E-state index contributed by atoms with van der Waals surface area (Å²) in [6, 6.07) is 3.19. The summed E-state index contributed by atoms with van der Waals surface area (Å²) >= 11 is 6.02. The second-order valence-corrected chi connectivity index (χ2v) is 8.68. The van der Waals surface area contributed by atoms with E-state index >= 15 is 4.39 Å². The number of pyridine rings is 1. The number of aryl methyl sites for hydroxylation is 2. The molecule has 0 fully saturated rings. The van der Waals surface area contributed by atoms with Crippen molar-refractivity contribution in [3.05, 3.63) is 52.3 Å². The van der Waals surface area contributed by atoms with Crippen LogP contribution in [0.4, 0.5) is 23.2 Å². The molecule has 188 valence electrons. The molecular weight excluding hydrogens is 494 g/mol. The number of hydrogen-bond donors (Lipinski definition) is 2. The highest BCUT2D eigenvalue weighted by Crippen LogP contribution is 2.34. The van der Waals surface area contributed by atoms with Gasteiger partial charge in [0.2, 0.25) is 0 Å². The first-order valence-electron chi connectivity index (χ1n) is 10.2. The van der Waals surface area contributed by atoms with Crippen molar-refractivity contribution >= 4 is 23.2 Å². The van der Waals surface area contributed by atoms with Gasteiger partial charge in [-0.25, -0.2) is 19.0 Å². The highest BCUT2D eigenvalue weighted by molar-refractivity contribution is 6.33. The largest absolute Gasteiger partial charge is 0.480 e. The van der Waals surface area contributed by atoms with Crippen LogP contribution in [0.1, 0.15) is 42.5 Å². The summed E-state index contributed by atoms with van der Waals surface area (Å²) in [7, 11) is 1.46. The lowest BCUT2D eigenvalue weighted by Crippen LogP contribution is -2.32. The van der Waals surface area contributed by atoms with Crippen LogP contribution in [-0.2, 0) is 12.6 Å². The van der Waals surface area contributed by atoms with Gasteiger partial charge in [-0.15, -0.1) is 0 Å². The van der Waals surface area contributed by atoms with Crippen LogP contribution in [0.2, 0.25) is 5.15 Å². The van der Waals surface area contributed by atoms with Crippen LogP contribution < -0.4 is 10.1 Å². The minimum Gasteiger partial charge on any atom is -0.480 e. The minimum absolute atomic E-state index is 0.0570. The van der Waals surface area contributed by atoms with Gasteiger partial charge in [-0.3, -0.25) is 4.79 Å². The Hall–Kier alpha value is -3.25. The third kappa shape index (κ3) is 5.70. The second-order valence-electron chi connectivity index (χ2n) is 8.32. The number of carbonyl (C=O) groups excluding carboxylic acids is 1. The van der Waals surface area contributed by atoms with E-state index in [0.717, 1.165) is 19.1 Å². The van der Waals surface area contributed by atoms with Gasteiger partial charge in [-0.2, -0.15) is 18.3 Å². The normalized spacial score (nSPS) is 13.0. The smallest absolute Gasteiger partial charge is 0.425 e. The maximum Gasteiger partial charge on any atom is 0.425 e. The highest BCUT2D eigenvalue weighted by Gasteiger charge is 2.39. The number of anilines is 1. The first kappa shape index (κ1) is 26.4. The Morgan fingerprint density at radius 1 is 1.29 bits per heavy atom. The molecule has 1 amide bonds. The van der Waals surface area contributed by atoms with Gasteiger partial charge in [-0.1, -0.05) is 11.6 Å². The van der Waals surface area contributed by atoms with Crippen LogP contribution in [0.25, 0.3) is 11.4 Å². The molecule has 1 atom stereocenters. The Labute approximate surface area is 202 Å². The molecule has 0 aliphatic heterocycles. The fourth-order valence-corrected chi connectivity index (χ4v) is 3.40. The van der Waals surface area contributed by atoms with Gasteiger partial charge in [0.1, 0.15) is 17.2 Å². The molecule has 0 saturated carbocycles. The molecule has 0 saturated heterocycles. The number of nitrogens with zero attached hydrogens (tertiary/aromatic N) is 4. The monoisotopic (exact) mass is 515 g/mol. The first-order valence-corrected chi connectivity index (χ1v) is 10.6. The lowest BCUT2D eigenvalue weighted by Gasteiger charge is -2.20. The molecule has 0 radical (unpaired) electrons. The van der Waals surface area contributed by atoms with Crippen molar-refractivity contribution in [3.63, 3.8) is 0 Å². The zero-order valence-corrected chi connectivity index (χ0v) is 20.1. The Kier molecular flexibility index (Phi) is 7.09. The third-order valence-corrected chi connectivity index (χ3v) is 5.27. The average Bonchev–Trinajstić information content (AvgIpc) is 3.12. The fourth-order valence-electron chi connectivity index (χ4n) is 3.14. The van der Waals surface area contributed by atoms with Crippen LogP contribution >= 0.6 is 11.6 Å². The van der Waals surface area contributed by atoms with E-state index in [1.54, 1.807) is 13.0 Å². The Morgan fingerprint density at radius 3 is 2.49 bits per heavy atom. The van der Waals surface area contributed by atoms with E-state index in [-0.39, 0.29) is 28.1 Å². The lowest BCUT2D eigenvalue weighted by molar-refractivity contribution is -0.189. The van der Waals surface area contributed by atoms with Crippen LogP contribution in [0.15, 0.2) is 24.4 Å². The number of amides is 1. The fraction of sp³-hybridized carbons (Fsp3) is 0.364. The van der Waals surface area contributed by atoms with E-state index in [1.165, 1.54) is 31.8 Å². The highest BCUT2D eigenvalue weighted by atomic mass is 35.5. The number of hydrogen-bond acceptors (Lipinski definition) is 6. The molecule has 1 aromatic carbocycles. The topological polar surface area (TPSA) is 102 Å². The number of benzene rings is 1. The zero-order valence-electron chi connectivity index (χ0n) is 19.3.